The highest BCUT2D eigenvalue weighted by atomic mass is 16.5. The predicted octanol–water partition coefficient (Wildman–Crippen LogP) is 3.87. The molecule has 4 rings (SSSR count). The molecule has 0 spiro atoms. The molecule has 1 fully saturated rings. The zero-order valence-corrected chi connectivity index (χ0v) is 19.0. The molecule has 0 aromatic heterocycles. The summed E-state index contributed by atoms with van der Waals surface area (Å²) < 4.78 is 16.7. The summed E-state index contributed by atoms with van der Waals surface area (Å²) in [4.78, 5) is 30.1. The van der Waals surface area contributed by atoms with Gasteiger partial charge in [0.2, 0.25) is 5.96 Å². The maximum atomic E-state index is 12.7. The van der Waals surface area contributed by atoms with Gasteiger partial charge < -0.3 is 19.1 Å². The van der Waals surface area contributed by atoms with Crippen molar-refractivity contribution >= 4 is 23.5 Å². The van der Waals surface area contributed by atoms with Gasteiger partial charge in [-0.15, -0.1) is 0 Å². The summed E-state index contributed by atoms with van der Waals surface area (Å²) in [6.07, 6.45) is 3.71. The maximum absolute atomic E-state index is 12.7. The molecule has 33 heavy (non-hydrogen) atoms. The number of amides is 1. The number of hydrogen-bond acceptors (Lipinski definition) is 7. The Kier molecular flexibility index (Phi) is 7.12. The van der Waals surface area contributed by atoms with Gasteiger partial charge in [0, 0.05) is 12.5 Å². The lowest BCUT2D eigenvalue weighted by molar-refractivity contribution is -0.141. The van der Waals surface area contributed by atoms with Crippen molar-refractivity contribution in [1.29, 1.82) is 0 Å². The van der Waals surface area contributed by atoms with E-state index in [4.69, 9.17) is 14.2 Å². The van der Waals surface area contributed by atoms with E-state index < -0.39 is 6.04 Å². The topological polar surface area (TPSA) is 89.5 Å². The fourth-order valence-corrected chi connectivity index (χ4v) is 4.17. The molecule has 2 heterocycles. The molecule has 0 radical (unpaired) electrons. The van der Waals surface area contributed by atoms with Crippen LogP contribution < -0.4 is 14.8 Å². The van der Waals surface area contributed by atoms with Crippen molar-refractivity contribution in [1.82, 2.24) is 10.2 Å². The van der Waals surface area contributed by atoms with Crippen LogP contribution in [0.15, 0.2) is 47.5 Å². The van der Waals surface area contributed by atoms with E-state index in [1.807, 2.05) is 47.4 Å². The zero-order chi connectivity index (χ0) is 23.2. The summed E-state index contributed by atoms with van der Waals surface area (Å²) in [5.74, 6) is 1.56. The predicted molar refractivity (Wildman–Crippen MR) is 124 cm³/mol. The molecule has 174 valence electrons. The molecule has 0 bridgehead atoms. The molecule has 2 aromatic carbocycles. The summed E-state index contributed by atoms with van der Waals surface area (Å²) >= 11 is 0. The van der Waals surface area contributed by atoms with E-state index in [9.17, 15) is 9.59 Å². The number of methoxy groups -OCH3 is 1. The number of guanidine groups is 1. The summed E-state index contributed by atoms with van der Waals surface area (Å²) in [7, 11) is 1.62. The number of hydrogen-bond donors (Lipinski definition) is 1. The second kappa shape index (κ2) is 10.4. The van der Waals surface area contributed by atoms with E-state index in [1.54, 1.807) is 7.11 Å². The lowest BCUT2D eigenvalue weighted by atomic mass is 10.0. The van der Waals surface area contributed by atoms with Gasteiger partial charge in [0.05, 0.1) is 32.6 Å². The van der Waals surface area contributed by atoms with Gasteiger partial charge in [-0.25, -0.2) is 4.99 Å². The normalized spacial score (nSPS) is 16.4. The van der Waals surface area contributed by atoms with Crippen LogP contribution in [0.3, 0.4) is 0 Å². The maximum Gasteiger partial charge on any atom is 0.302 e. The molecule has 1 amide bonds. The van der Waals surface area contributed by atoms with E-state index in [0.29, 0.717) is 37.2 Å². The fraction of sp³-hybridized carbons (Fsp3) is 0.400. The van der Waals surface area contributed by atoms with Gasteiger partial charge >= 0.3 is 5.97 Å². The van der Waals surface area contributed by atoms with Crippen LogP contribution in [0.2, 0.25) is 0 Å². The van der Waals surface area contributed by atoms with Crippen LogP contribution >= 0.6 is 0 Å². The monoisotopic (exact) mass is 451 g/mol. The van der Waals surface area contributed by atoms with E-state index in [-0.39, 0.29) is 11.9 Å². The van der Waals surface area contributed by atoms with Crippen molar-refractivity contribution < 1.29 is 23.8 Å². The van der Waals surface area contributed by atoms with Gasteiger partial charge in [0.15, 0.2) is 11.5 Å². The van der Waals surface area contributed by atoms with Gasteiger partial charge in [-0.3, -0.25) is 14.9 Å². The number of fused-ring (bicyclic) bond motifs is 2. The first-order valence-corrected chi connectivity index (χ1v) is 11.3. The molecule has 2 aliphatic rings. The Morgan fingerprint density at radius 3 is 2.58 bits per heavy atom. The van der Waals surface area contributed by atoms with E-state index in [2.05, 4.69) is 10.3 Å². The minimum atomic E-state index is -0.431. The largest absolute Gasteiger partial charge is 0.492 e. The first-order valence-electron chi connectivity index (χ1n) is 11.3. The number of benzene rings is 2. The van der Waals surface area contributed by atoms with Gasteiger partial charge in [0.25, 0.3) is 5.91 Å². The number of esters is 1. The lowest BCUT2D eigenvalue weighted by Crippen LogP contribution is -2.33. The quantitative estimate of drug-likeness (QED) is 0.436. The van der Waals surface area contributed by atoms with Crippen molar-refractivity contribution in [2.75, 3.05) is 20.3 Å². The summed E-state index contributed by atoms with van der Waals surface area (Å²) in [6.45, 7) is 2.94. The van der Waals surface area contributed by atoms with Gasteiger partial charge in [-0.2, -0.15) is 0 Å². The number of unbranched alkanes of at least 4 members (excludes halogenated alkanes) is 3. The first kappa shape index (κ1) is 22.6. The van der Waals surface area contributed by atoms with Crippen LogP contribution in [0.1, 0.15) is 49.8 Å². The number of aliphatic imine (C=N–C) groups is 1. The average Bonchev–Trinajstić information content (AvgIpc) is 3.13. The molecule has 8 nitrogen and oxygen atoms in total. The summed E-state index contributed by atoms with van der Waals surface area (Å²) in [5.41, 5.74) is 2.59. The highest BCUT2D eigenvalue weighted by molar-refractivity contribution is 6.08. The Morgan fingerprint density at radius 1 is 1.09 bits per heavy atom. The second-order valence-electron chi connectivity index (χ2n) is 8.06. The number of nitrogens with zero attached hydrogens (tertiary/aromatic N) is 2. The van der Waals surface area contributed by atoms with Crippen molar-refractivity contribution in [3.05, 3.63) is 53.6 Å². The molecule has 2 aromatic rings. The van der Waals surface area contributed by atoms with Crippen molar-refractivity contribution in [3.63, 3.8) is 0 Å². The molecule has 1 N–H and O–H groups in total. The van der Waals surface area contributed by atoms with E-state index in [0.717, 1.165) is 42.5 Å². The minimum Gasteiger partial charge on any atom is -0.492 e. The number of carbonyl (C=O) groups excluding carboxylic acids is 2. The number of nitrogens with one attached hydrogen (secondary N) is 1. The average molecular weight is 452 g/mol. The molecule has 1 atom stereocenters. The highest BCUT2D eigenvalue weighted by Crippen LogP contribution is 2.43. The molecular formula is C25H29N3O5. The Labute approximate surface area is 193 Å². The number of rotatable bonds is 10. The van der Waals surface area contributed by atoms with Crippen molar-refractivity contribution in [2.45, 2.75) is 45.2 Å². The third-order valence-electron chi connectivity index (χ3n) is 5.74. The highest BCUT2D eigenvalue weighted by Gasteiger charge is 2.41. The van der Waals surface area contributed by atoms with Crippen molar-refractivity contribution in [2.24, 2.45) is 4.99 Å². The standard InChI is InChI=1S/C25H29N3O5/c1-17(29)32-14-8-3-4-9-15-33-21-13-12-20-19(23(21)31-2)16-28-22(18-10-6-5-7-11-18)24(30)27-25(28)26-20/h5-7,10-13,22H,3-4,8-9,14-16H2,1-2H3,(H,26,27,30). The molecular weight excluding hydrogens is 422 g/mol. The van der Waals surface area contributed by atoms with Crippen LogP contribution in [-0.4, -0.2) is 43.1 Å². The fourth-order valence-electron chi connectivity index (χ4n) is 4.17. The van der Waals surface area contributed by atoms with E-state index >= 15 is 0 Å². The van der Waals surface area contributed by atoms with E-state index in [1.165, 1.54) is 6.92 Å². The smallest absolute Gasteiger partial charge is 0.302 e. The van der Waals surface area contributed by atoms with Gasteiger partial charge in [-0.1, -0.05) is 30.3 Å². The SMILES string of the molecule is COc1c(OCCCCCCOC(C)=O)ccc2c1CN1C(=N2)NC(=O)C1c1ccccc1. The Morgan fingerprint density at radius 2 is 1.85 bits per heavy atom. The second-order valence-corrected chi connectivity index (χ2v) is 8.06. The molecule has 8 heteroatoms. The first-order chi connectivity index (χ1) is 16.1. The minimum absolute atomic E-state index is 0.0862. The lowest BCUT2D eigenvalue weighted by Gasteiger charge is -2.29. The van der Waals surface area contributed by atoms with Crippen LogP contribution in [0.25, 0.3) is 0 Å². The molecule has 1 saturated heterocycles. The third-order valence-corrected chi connectivity index (χ3v) is 5.74. The molecule has 0 aliphatic carbocycles. The number of carbonyl (C=O) groups is 2. The zero-order valence-electron chi connectivity index (χ0n) is 19.0. The van der Waals surface area contributed by atoms with Crippen molar-refractivity contribution in [3.8, 4) is 11.5 Å². The Hall–Kier alpha value is -3.55. The van der Waals surface area contributed by atoms with Crippen LogP contribution in [0.4, 0.5) is 5.69 Å². The molecule has 0 saturated carbocycles. The van der Waals surface area contributed by atoms with Crippen LogP contribution in [-0.2, 0) is 20.9 Å². The Bertz CT molecular complexity index is 1040. The van der Waals surface area contributed by atoms with Crippen LogP contribution in [0.5, 0.6) is 11.5 Å². The van der Waals surface area contributed by atoms with Gasteiger partial charge in [0.1, 0.15) is 6.04 Å². The molecule has 1 unspecified atom stereocenters. The third kappa shape index (κ3) is 5.10. The number of ether oxygens (including phenoxy) is 3. The van der Waals surface area contributed by atoms with Gasteiger partial charge in [-0.05, 0) is 43.4 Å². The van der Waals surface area contributed by atoms with Crippen LogP contribution in [0, 0.1) is 0 Å². The summed E-state index contributed by atoms with van der Waals surface area (Å²) in [5, 5.41) is 2.90. The molecule has 2 aliphatic heterocycles. The Balaban J connectivity index is 1.41. The summed E-state index contributed by atoms with van der Waals surface area (Å²) in [6, 6.07) is 13.0.